The van der Waals surface area contributed by atoms with Crippen LogP contribution in [0.4, 0.5) is 10.2 Å². The molecular weight excluding hydrogens is 497 g/mol. The first-order chi connectivity index (χ1) is 18.4. The predicted molar refractivity (Wildman–Crippen MR) is 131 cm³/mol. The molecule has 0 spiro atoms. The van der Waals surface area contributed by atoms with E-state index in [1.165, 1.54) is 17.2 Å². The molecule has 0 aliphatic carbocycles. The summed E-state index contributed by atoms with van der Waals surface area (Å²) in [6.45, 7) is 0.789. The number of carbonyl (C=O) groups is 3. The molecule has 1 fully saturated rings. The summed E-state index contributed by atoms with van der Waals surface area (Å²) < 4.78 is 33.3. The van der Waals surface area contributed by atoms with Gasteiger partial charge < -0.3 is 19.5 Å². The van der Waals surface area contributed by atoms with Gasteiger partial charge in [0.25, 0.3) is 5.91 Å². The fraction of sp³-hybridized carbons (Fsp3) is 0.231. The molecule has 2 aromatic carbocycles. The Bertz CT molecular complexity index is 1470. The summed E-state index contributed by atoms with van der Waals surface area (Å²) in [4.78, 5) is 49.2. The molecule has 11 nitrogen and oxygen atoms in total. The summed E-state index contributed by atoms with van der Waals surface area (Å²) in [5.41, 5.74) is 1.11. The van der Waals surface area contributed by atoms with Crippen molar-refractivity contribution in [3.8, 4) is 0 Å². The number of fused-ring (bicyclic) bond motifs is 1. The third-order valence-corrected chi connectivity index (χ3v) is 5.86. The van der Waals surface area contributed by atoms with Crippen molar-refractivity contribution in [2.75, 3.05) is 11.9 Å². The van der Waals surface area contributed by atoms with Gasteiger partial charge in [-0.1, -0.05) is 36.4 Å². The maximum atomic E-state index is 15.6. The zero-order valence-corrected chi connectivity index (χ0v) is 20.1. The number of anilines is 1. The molecule has 0 radical (unpaired) electrons. The van der Waals surface area contributed by atoms with Gasteiger partial charge >= 0.3 is 11.9 Å². The normalized spacial score (nSPS) is 20.7. The van der Waals surface area contributed by atoms with E-state index < -0.39 is 42.5 Å². The van der Waals surface area contributed by atoms with E-state index in [0.717, 1.165) is 6.92 Å². The fourth-order valence-electron chi connectivity index (χ4n) is 4.10. The van der Waals surface area contributed by atoms with E-state index in [9.17, 15) is 14.4 Å². The first kappa shape index (κ1) is 25.0. The first-order valence-corrected chi connectivity index (χ1v) is 11.6. The van der Waals surface area contributed by atoms with Crippen molar-refractivity contribution in [2.45, 2.75) is 31.5 Å². The number of ether oxygens (including phenoxy) is 3. The molecule has 1 saturated heterocycles. The van der Waals surface area contributed by atoms with Gasteiger partial charge in [-0.2, -0.15) is 0 Å². The van der Waals surface area contributed by atoms with E-state index in [0.29, 0.717) is 11.1 Å². The monoisotopic (exact) mass is 519 g/mol. The van der Waals surface area contributed by atoms with Crippen LogP contribution >= 0.6 is 0 Å². The number of hydrogen-bond acceptors (Lipinski definition) is 9. The van der Waals surface area contributed by atoms with Crippen molar-refractivity contribution in [3.63, 3.8) is 0 Å². The average molecular weight is 519 g/mol. The lowest BCUT2D eigenvalue weighted by molar-refractivity contribution is -0.152. The molecule has 0 saturated carbocycles. The Kier molecular flexibility index (Phi) is 7.05. The van der Waals surface area contributed by atoms with Crippen LogP contribution in [0.25, 0.3) is 11.2 Å². The van der Waals surface area contributed by atoms with Crippen LogP contribution in [0.5, 0.6) is 0 Å². The summed E-state index contributed by atoms with van der Waals surface area (Å²) in [6.07, 6.45) is -3.10. The number of alkyl halides is 1. The molecule has 2 aromatic heterocycles. The average Bonchev–Trinajstić information content (AvgIpc) is 3.49. The Morgan fingerprint density at radius 2 is 1.68 bits per heavy atom. The van der Waals surface area contributed by atoms with Gasteiger partial charge in [-0.25, -0.2) is 24.1 Å². The Morgan fingerprint density at radius 3 is 2.37 bits per heavy atom. The topological polar surface area (TPSA) is 135 Å². The number of rotatable bonds is 7. The van der Waals surface area contributed by atoms with Crippen LogP contribution in [0.1, 0.15) is 33.9 Å². The SMILES string of the molecule is CC(=O)O[C@H]1[C@H](F)[C@H](n2cnc3c(NC(=O)c4ccccc4)ncnc32)O[C@@H]1COC(=O)c1ccccc1. The molecule has 3 heterocycles. The molecule has 38 heavy (non-hydrogen) atoms. The van der Waals surface area contributed by atoms with Crippen LogP contribution in [-0.2, 0) is 19.0 Å². The number of esters is 2. The van der Waals surface area contributed by atoms with Crippen molar-refractivity contribution < 1.29 is 33.0 Å². The minimum absolute atomic E-state index is 0.126. The number of benzene rings is 2. The number of carbonyl (C=O) groups excluding carboxylic acids is 3. The van der Waals surface area contributed by atoms with E-state index >= 15 is 4.39 Å². The summed E-state index contributed by atoms with van der Waals surface area (Å²) in [5.74, 6) is -1.63. The van der Waals surface area contributed by atoms with Crippen LogP contribution in [0.15, 0.2) is 73.3 Å². The Labute approximate surface area is 215 Å². The number of nitrogens with one attached hydrogen (secondary N) is 1. The van der Waals surface area contributed by atoms with Gasteiger partial charge in [-0.15, -0.1) is 0 Å². The highest BCUT2D eigenvalue weighted by molar-refractivity contribution is 6.06. The lowest BCUT2D eigenvalue weighted by atomic mass is 10.1. The third kappa shape index (κ3) is 5.06. The second-order valence-corrected chi connectivity index (χ2v) is 8.41. The zero-order valence-electron chi connectivity index (χ0n) is 20.1. The van der Waals surface area contributed by atoms with Crippen molar-refractivity contribution in [2.24, 2.45) is 0 Å². The molecular formula is C26H22FN5O6. The molecule has 194 valence electrons. The van der Waals surface area contributed by atoms with Crippen molar-refractivity contribution in [1.82, 2.24) is 19.5 Å². The molecule has 4 aromatic rings. The van der Waals surface area contributed by atoms with E-state index in [1.54, 1.807) is 60.7 Å². The molecule has 0 bridgehead atoms. The van der Waals surface area contributed by atoms with Gasteiger partial charge in [-0.3, -0.25) is 14.2 Å². The van der Waals surface area contributed by atoms with Gasteiger partial charge in [0.1, 0.15) is 19.0 Å². The largest absolute Gasteiger partial charge is 0.459 e. The molecule has 1 aliphatic rings. The number of halogens is 1. The lowest BCUT2D eigenvalue weighted by Crippen LogP contribution is -2.36. The number of nitrogens with zero attached hydrogens (tertiary/aromatic N) is 4. The highest BCUT2D eigenvalue weighted by Crippen LogP contribution is 2.36. The summed E-state index contributed by atoms with van der Waals surface area (Å²) in [6, 6.07) is 16.8. The van der Waals surface area contributed by atoms with Crippen LogP contribution in [-0.4, -0.2) is 62.4 Å². The smallest absolute Gasteiger partial charge is 0.338 e. The fourth-order valence-corrected chi connectivity index (χ4v) is 4.10. The predicted octanol–water partition coefficient (Wildman–Crippen LogP) is 3.10. The van der Waals surface area contributed by atoms with Gasteiger partial charge in [0, 0.05) is 12.5 Å². The molecule has 12 heteroatoms. The standard InChI is InChI=1S/C26H22FN5O6/c1-15(33)37-21-18(12-36-26(35)17-10-6-3-7-11-17)38-25(19(21)27)32-14-30-20-22(28-13-29-23(20)32)31-24(34)16-8-4-2-5-9-16/h2-11,13-14,18-19,21,25H,12H2,1H3,(H,28,29,31,34)/t18-,19+,21-,25-/m1/s1. The second-order valence-electron chi connectivity index (χ2n) is 8.41. The van der Waals surface area contributed by atoms with Gasteiger partial charge in [0.05, 0.1) is 11.9 Å². The van der Waals surface area contributed by atoms with Gasteiger partial charge in [-0.05, 0) is 24.3 Å². The maximum Gasteiger partial charge on any atom is 0.338 e. The third-order valence-electron chi connectivity index (χ3n) is 5.86. The van der Waals surface area contributed by atoms with Crippen molar-refractivity contribution >= 4 is 34.8 Å². The van der Waals surface area contributed by atoms with E-state index in [2.05, 4.69) is 20.3 Å². The van der Waals surface area contributed by atoms with Crippen molar-refractivity contribution in [3.05, 3.63) is 84.4 Å². The van der Waals surface area contributed by atoms with Crippen molar-refractivity contribution in [1.29, 1.82) is 0 Å². The number of hydrogen-bond donors (Lipinski definition) is 1. The molecule has 1 amide bonds. The number of aromatic nitrogens is 4. The van der Waals surface area contributed by atoms with Gasteiger partial charge in [0.15, 0.2) is 35.5 Å². The first-order valence-electron chi connectivity index (χ1n) is 11.6. The molecule has 5 rings (SSSR count). The molecule has 1 N–H and O–H groups in total. The summed E-state index contributed by atoms with van der Waals surface area (Å²) in [7, 11) is 0. The summed E-state index contributed by atoms with van der Waals surface area (Å²) in [5, 5.41) is 2.68. The maximum absolute atomic E-state index is 15.6. The highest BCUT2D eigenvalue weighted by atomic mass is 19.1. The van der Waals surface area contributed by atoms with Crippen LogP contribution < -0.4 is 5.32 Å². The summed E-state index contributed by atoms with van der Waals surface area (Å²) >= 11 is 0. The number of imidazole rings is 1. The minimum Gasteiger partial charge on any atom is -0.459 e. The van der Waals surface area contributed by atoms with Gasteiger partial charge in [0.2, 0.25) is 0 Å². The molecule has 1 aliphatic heterocycles. The Hall–Kier alpha value is -4.71. The van der Waals surface area contributed by atoms with E-state index in [1.807, 2.05) is 0 Å². The quantitative estimate of drug-likeness (QED) is 0.366. The Balaban J connectivity index is 1.37. The highest BCUT2D eigenvalue weighted by Gasteiger charge is 2.49. The number of amides is 1. The Morgan fingerprint density at radius 1 is 1.00 bits per heavy atom. The van der Waals surface area contributed by atoms with Crippen LogP contribution in [0.3, 0.4) is 0 Å². The van der Waals surface area contributed by atoms with E-state index in [4.69, 9.17) is 14.2 Å². The van der Waals surface area contributed by atoms with Crippen LogP contribution in [0, 0.1) is 0 Å². The lowest BCUT2D eigenvalue weighted by Gasteiger charge is -2.18. The van der Waals surface area contributed by atoms with Crippen LogP contribution in [0.2, 0.25) is 0 Å². The molecule has 4 atom stereocenters. The molecule has 0 unspecified atom stereocenters. The zero-order chi connectivity index (χ0) is 26.6. The second kappa shape index (κ2) is 10.7. The van der Waals surface area contributed by atoms with E-state index in [-0.39, 0.29) is 23.6 Å². The minimum atomic E-state index is -1.84.